The molecule has 0 bridgehead atoms. The highest BCUT2D eigenvalue weighted by molar-refractivity contribution is 7.82. The first-order valence-electron chi connectivity index (χ1n) is 9.63. The van der Waals surface area contributed by atoms with Gasteiger partial charge in [0, 0.05) is 52.7 Å². The van der Waals surface area contributed by atoms with Crippen LogP contribution in [-0.2, 0) is 15.8 Å². The van der Waals surface area contributed by atoms with Gasteiger partial charge >= 0.3 is 0 Å². The highest BCUT2D eigenvalue weighted by Crippen LogP contribution is 2.28. The molecule has 1 aromatic carbocycles. The number of nitrogens with zero attached hydrogens (tertiary/aromatic N) is 3. The molecule has 6 nitrogen and oxygen atoms in total. The predicted octanol–water partition coefficient (Wildman–Crippen LogP) is 2.48. The molecular weight excluding hydrogens is 419 g/mol. The third-order valence-electron chi connectivity index (χ3n) is 4.86. The number of piperazine rings is 1. The Morgan fingerprint density at radius 2 is 1.93 bits per heavy atom. The van der Waals surface area contributed by atoms with Gasteiger partial charge in [-0.3, -0.25) is 4.79 Å². The maximum absolute atomic E-state index is 12.6. The minimum atomic E-state index is -1.45. The smallest absolute Gasteiger partial charge is 0.221 e. The van der Waals surface area contributed by atoms with Gasteiger partial charge in [-0.15, -0.1) is 0 Å². The number of likely N-dealkylation sites (N-methyl/N-ethyl adjacent to an activating group) is 1. The van der Waals surface area contributed by atoms with E-state index in [1.54, 1.807) is 29.6 Å². The molecule has 1 amide bonds. The molecular formula is C19H30Cl2N4O2S. The summed E-state index contributed by atoms with van der Waals surface area (Å²) >= 11 is 12.1. The summed E-state index contributed by atoms with van der Waals surface area (Å²) in [4.78, 5) is 17.3. The van der Waals surface area contributed by atoms with Crippen LogP contribution in [0, 0.1) is 0 Å². The van der Waals surface area contributed by atoms with Gasteiger partial charge in [0.1, 0.15) is 11.0 Å². The second kappa shape index (κ2) is 12.1. The molecule has 2 rings (SSSR count). The number of carbonyl (C=O) groups excluding carboxylic acids is 1. The number of rotatable bonds is 10. The number of unbranched alkanes of at least 4 members (excludes halogenated alkanes) is 1. The van der Waals surface area contributed by atoms with Crippen LogP contribution in [0.4, 0.5) is 0 Å². The van der Waals surface area contributed by atoms with Gasteiger partial charge in [0.2, 0.25) is 5.91 Å². The van der Waals surface area contributed by atoms with Crippen molar-refractivity contribution in [3.8, 4) is 0 Å². The average Bonchev–Trinajstić information content (AvgIpc) is 2.69. The van der Waals surface area contributed by atoms with Gasteiger partial charge in [-0.05, 0) is 38.6 Å². The molecule has 0 aliphatic carbocycles. The largest absolute Gasteiger partial charge is 0.356 e. The van der Waals surface area contributed by atoms with Crippen LogP contribution in [0.25, 0.3) is 0 Å². The Balaban J connectivity index is 1.60. The van der Waals surface area contributed by atoms with E-state index in [4.69, 9.17) is 23.2 Å². The number of benzene rings is 1. The standard InChI is InChI=1S/C19H30Cl2N4O2S/c1-23-12-14-25(15-13-23)10-4-3-9-22-18(26)8-11-24(2)28(27)17-7-5-6-16(20)19(17)21/h5-7H,3-4,8-15H2,1-2H3,(H,22,26). The number of amides is 1. The molecule has 1 atom stereocenters. The first kappa shape index (κ1) is 23.6. The second-order valence-electron chi connectivity index (χ2n) is 7.10. The van der Waals surface area contributed by atoms with Crippen LogP contribution >= 0.6 is 23.2 Å². The third kappa shape index (κ3) is 7.61. The van der Waals surface area contributed by atoms with Gasteiger partial charge in [0.15, 0.2) is 0 Å². The summed E-state index contributed by atoms with van der Waals surface area (Å²) in [6, 6.07) is 5.05. The molecule has 9 heteroatoms. The van der Waals surface area contributed by atoms with E-state index in [9.17, 15) is 9.00 Å². The van der Waals surface area contributed by atoms with E-state index < -0.39 is 11.0 Å². The van der Waals surface area contributed by atoms with E-state index in [2.05, 4.69) is 22.2 Å². The molecule has 0 aromatic heterocycles. The van der Waals surface area contributed by atoms with Gasteiger partial charge in [-0.1, -0.05) is 29.3 Å². The van der Waals surface area contributed by atoms with E-state index in [1.165, 1.54) is 0 Å². The van der Waals surface area contributed by atoms with Crippen molar-refractivity contribution in [3.63, 3.8) is 0 Å². The van der Waals surface area contributed by atoms with E-state index in [1.807, 2.05) is 0 Å². The fourth-order valence-electron chi connectivity index (χ4n) is 2.98. The summed E-state index contributed by atoms with van der Waals surface area (Å²) in [5.74, 6) is -0.0272. The lowest BCUT2D eigenvalue weighted by atomic mass is 10.2. The zero-order chi connectivity index (χ0) is 20.5. The van der Waals surface area contributed by atoms with E-state index >= 15 is 0 Å². The van der Waals surface area contributed by atoms with Crippen LogP contribution in [0.1, 0.15) is 19.3 Å². The SMILES string of the molecule is CN1CCN(CCCCNC(=O)CCN(C)S(=O)c2cccc(Cl)c2Cl)CC1. The Hall–Kier alpha value is -0.700. The fraction of sp³-hybridized carbons (Fsp3) is 0.632. The van der Waals surface area contributed by atoms with Crippen LogP contribution in [-0.4, -0.2) is 84.1 Å². The van der Waals surface area contributed by atoms with Crippen LogP contribution in [0.3, 0.4) is 0 Å². The zero-order valence-electron chi connectivity index (χ0n) is 16.6. The van der Waals surface area contributed by atoms with Crippen LogP contribution in [0.5, 0.6) is 0 Å². The summed E-state index contributed by atoms with van der Waals surface area (Å²) in [5.41, 5.74) is 0. The van der Waals surface area contributed by atoms with Crippen LogP contribution in [0.15, 0.2) is 23.1 Å². The summed E-state index contributed by atoms with van der Waals surface area (Å²) in [5, 5.41) is 3.60. The number of hydrogen-bond acceptors (Lipinski definition) is 4. The fourth-order valence-corrected chi connectivity index (χ4v) is 4.58. The first-order valence-corrected chi connectivity index (χ1v) is 11.5. The van der Waals surface area contributed by atoms with Crippen LogP contribution in [0.2, 0.25) is 10.0 Å². The normalized spacial score (nSPS) is 17.0. The molecule has 1 fully saturated rings. The van der Waals surface area contributed by atoms with Crippen molar-refractivity contribution in [2.75, 3.05) is 59.9 Å². The Morgan fingerprint density at radius 1 is 1.21 bits per heavy atom. The zero-order valence-corrected chi connectivity index (χ0v) is 19.0. The minimum absolute atomic E-state index is 0.0272. The molecule has 1 saturated heterocycles. The highest BCUT2D eigenvalue weighted by atomic mass is 35.5. The summed E-state index contributed by atoms with van der Waals surface area (Å²) in [6.07, 6.45) is 2.35. The number of carbonyl (C=O) groups is 1. The van der Waals surface area contributed by atoms with E-state index in [0.29, 0.717) is 34.5 Å². The number of halogens is 2. The quantitative estimate of drug-likeness (QED) is 0.558. The Bertz CT molecular complexity index is 669. The molecule has 0 saturated carbocycles. The average molecular weight is 449 g/mol. The monoisotopic (exact) mass is 448 g/mol. The van der Waals surface area contributed by atoms with Crippen molar-refractivity contribution in [1.82, 2.24) is 19.4 Å². The molecule has 28 heavy (non-hydrogen) atoms. The molecule has 1 heterocycles. The lowest BCUT2D eigenvalue weighted by molar-refractivity contribution is -0.121. The van der Waals surface area contributed by atoms with Gasteiger partial charge in [0.25, 0.3) is 0 Å². The maximum Gasteiger partial charge on any atom is 0.221 e. The van der Waals surface area contributed by atoms with Crippen LogP contribution < -0.4 is 5.32 Å². The summed E-state index contributed by atoms with van der Waals surface area (Å²) in [6.45, 7) is 6.66. The van der Waals surface area contributed by atoms with Crippen molar-refractivity contribution in [3.05, 3.63) is 28.2 Å². The van der Waals surface area contributed by atoms with E-state index in [-0.39, 0.29) is 5.91 Å². The topological polar surface area (TPSA) is 55.9 Å². The van der Waals surface area contributed by atoms with Crippen molar-refractivity contribution < 1.29 is 9.00 Å². The Kier molecular flexibility index (Phi) is 10.2. The van der Waals surface area contributed by atoms with Crippen molar-refractivity contribution >= 4 is 40.1 Å². The Morgan fingerprint density at radius 3 is 2.64 bits per heavy atom. The van der Waals surface area contributed by atoms with Crippen molar-refractivity contribution in [2.24, 2.45) is 0 Å². The molecule has 1 unspecified atom stereocenters. The molecule has 1 aromatic rings. The van der Waals surface area contributed by atoms with Crippen molar-refractivity contribution in [1.29, 1.82) is 0 Å². The first-order chi connectivity index (χ1) is 13.4. The van der Waals surface area contributed by atoms with Gasteiger partial charge < -0.3 is 15.1 Å². The van der Waals surface area contributed by atoms with Crippen molar-refractivity contribution in [2.45, 2.75) is 24.2 Å². The highest BCUT2D eigenvalue weighted by Gasteiger charge is 2.17. The predicted molar refractivity (Wildman–Crippen MR) is 116 cm³/mol. The molecule has 0 spiro atoms. The lowest BCUT2D eigenvalue weighted by Gasteiger charge is -2.32. The molecule has 158 valence electrons. The van der Waals surface area contributed by atoms with Gasteiger partial charge in [-0.2, -0.15) is 0 Å². The molecule has 0 radical (unpaired) electrons. The number of nitrogens with one attached hydrogen (secondary N) is 1. The lowest BCUT2D eigenvalue weighted by Crippen LogP contribution is -2.44. The summed E-state index contributed by atoms with van der Waals surface area (Å²) in [7, 11) is 2.41. The minimum Gasteiger partial charge on any atom is -0.356 e. The molecule has 1 aliphatic heterocycles. The third-order valence-corrected chi connectivity index (χ3v) is 7.26. The second-order valence-corrected chi connectivity index (χ2v) is 9.45. The Labute approximate surface area is 180 Å². The maximum atomic E-state index is 12.6. The number of hydrogen-bond donors (Lipinski definition) is 1. The van der Waals surface area contributed by atoms with Gasteiger partial charge in [-0.25, -0.2) is 8.51 Å². The molecule has 1 N–H and O–H groups in total. The molecule has 1 aliphatic rings. The summed E-state index contributed by atoms with van der Waals surface area (Å²) < 4.78 is 14.2. The van der Waals surface area contributed by atoms with Gasteiger partial charge in [0.05, 0.1) is 14.9 Å². The van der Waals surface area contributed by atoms with E-state index in [0.717, 1.165) is 45.6 Å².